The van der Waals surface area contributed by atoms with E-state index in [1.165, 1.54) is 19.2 Å². The van der Waals surface area contributed by atoms with Crippen LogP contribution in [-0.4, -0.2) is 42.3 Å². The van der Waals surface area contributed by atoms with Crippen molar-refractivity contribution in [1.29, 1.82) is 0 Å². The van der Waals surface area contributed by atoms with Crippen LogP contribution < -0.4 is 0 Å². The fourth-order valence-corrected chi connectivity index (χ4v) is 1.75. The Balaban J connectivity index is 2.93. The summed E-state index contributed by atoms with van der Waals surface area (Å²) in [4.78, 5) is 13.0. The average Bonchev–Trinajstić information content (AvgIpc) is 2.44. The zero-order valence-corrected chi connectivity index (χ0v) is 11.7. The Morgan fingerprint density at radius 2 is 1.86 bits per heavy atom. The molecule has 0 aromatic heterocycles. The Bertz CT molecular complexity index is 483. The molecular formula is C15H18F3NO2. The van der Waals surface area contributed by atoms with Crippen LogP contribution in [0.2, 0.25) is 0 Å². The van der Waals surface area contributed by atoms with Gasteiger partial charge in [-0.3, -0.25) is 4.79 Å². The monoisotopic (exact) mass is 301 g/mol. The minimum atomic E-state index is -4.71. The summed E-state index contributed by atoms with van der Waals surface area (Å²) < 4.78 is 39.1. The van der Waals surface area contributed by atoms with Crippen molar-refractivity contribution in [3.05, 3.63) is 41.5 Å². The maximum absolute atomic E-state index is 13.0. The van der Waals surface area contributed by atoms with Crippen molar-refractivity contribution in [3.63, 3.8) is 0 Å². The summed E-state index contributed by atoms with van der Waals surface area (Å²) >= 11 is 0. The predicted octanol–water partition coefficient (Wildman–Crippen LogP) is 2.86. The van der Waals surface area contributed by atoms with Crippen LogP contribution in [0.25, 0.3) is 6.08 Å². The molecule has 116 valence electrons. The topological polar surface area (TPSA) is 40.5 Å². The normalized spacial score (nSPS) is 12.3. The number of aliphatic hydroxyl groups is 1. The van der Waals surface area contributed by atoms with Gasteiger partial charge in [0.1, 0.15) is 5.57 Å². The molecule has 1 amide bonds. The second-order valence-electron chi connectivity index (χ2n) is 4.62. The molecule has 6 heteroatoms. The first kappa shape index (κ1) is 17.2. The van der Waals surface area contributed by atoms with E-state index in [9.17, 15) is 18.0 Å². The second kappa shape index (κ2) is 7.83. The lowest BCUT2D eigenvalue weighted by Gasteiger charge is -2.20. The quantitative estimate of drug-likeness (QED) is 0.648. The lowest BCUT2D eigenvalue weighted by Crippen LogP contribution is -2.34. The molecule has 0 aliphatic heterocycles. The lowest BCUT2D eigenvalue weighted by atomic mass is 10.1. The minimum Gasteiger partial charge on any atom is -0.396 e. The molecule has 0 fully saturated rings. The molecule has 1 N–H and O–H groups in total. The van der Waals surface area contributed by atoms with Gasteiger partial charge in [0.25, 0.3) is 5.91 Å². The maximum Gasteiger partial charge on any atom is 0.421 e. The van der Waals surface area contributed by atoms with E-state index in [1.54, 1.807) is 18.2 Å². The number of carbonyl (C=O) groups is 1. The number of amides is 1. The largest absolute Gasteiger partial charge is 0.421 e. The van der Waals surface area contributed by atoms with E-state index >= 15 is 0 Å². The van der Waals surface area contributed by atoms with Crippen LogP contribution in [0, 0.1) is 0 Å². The molecule has 21 heavy (non-hydrogen) atoms. The third-order valence-electron chi connectivity index (χ3n) is 2.89. The summed E-state index contributed by atoms with van der Waals surface area (Å²) in [7, 11) is 1.32. The number of aliphatic hydroxyl groups excluding tert-OH is 1. The van der Waals surface area contributed by atoms with Gasteiger partial charge in [-0.25, -0.2) is 0 Å². The molecule has 0 aliphatic carbocycles. The van der Waals surface area contributed by atoms with Crippen molar-refractivity contribution >= 4 is 12.0 Å². The molecule has 1 aromatic carbocycles. The van der Waals surface area contributed by atoms with Gasteiger partial charge in [-0.1, -0.05) is 30.3 Å². The average molecular weight is 301 g/mol. The molecule has 0 spiro atoms. The number of rotatable bonds is 6. The summed E-state index contributed by atoms with van der Waals surface area (Å²) in [5, 5.41) is 8.66. The summed E-state index contributed by atoms with van der Waals surface area (Å²) in [5.41, 5.74) is -0.873. The van der Waals surface area contributed by atoms with Gasteiger partial charge in [-0.2, -0.15) is 13.2 Å². The highest BCUT2D eigenvalue weighted by molar-refractivity contribution is 5.99. The van der Waals surface area contributed by atoms with Crippen LogP contribution in [0.4, 0.5) is 13.2 Å². The van der Waals surface area contributed by atoms with Crippen LogP contribution in [0.15, 0.2) is 35.9 Å². The fourth-order valence-electron chi connectivity index (χ4n) is 1.75. The van der Waals surface area contributed by atoms with Gasteiger partial charge < -0.3 is 10.0 Å². The highest BCUT2D eigenvalue weighted by Crippen LogP contribution is 2.29. The van der Waals surface area contributed by atoms with E-state index in [0.717, 1.165) is 11.0 Å². The van der Waals surface area contributed by atoms with Crippen LogP contribution in [0.1, 0.15) is 18.4 Å². The second-order valence-corrected chi connectivity index (χ2v) is 4.62. The third kappa shape index (κ3) is 5.59. The number of hydrogen-bond acceptors (Lipinski definition) is 2. The summed E-state index contributed by atoms with van der Waals surface area (Å²) in [6.45, 7) is 0.121. The lowest BCUT2D eigenvalue weighted by molar-refractivity contribution is -0.138. The standard InChI is InChI=1S/C15H18F3NO2/c1-19(9-5-6-10-20)14(21)13(15(16,17)18)11-12-7-3-2-4-8-12/h2-4,7-8,11,20H,5-6,9-10H2,1H3. The molecule has 0 bridgehead atoms. The van der Waals surface area contributed by atoms with Gasteiger partial charge in [-0.05, 0) is 24.5 Å². The van der Waals surface area contributed by atoms with Gasteiger partial charge in [0.2, 0.25) is 0 Å². The van der Waals surface area contributed by atoms with Gasteiger partial charge in [0.15, 0.2) is 0 Å². The van der Waals surface area contributed by atoms with Gasteiger partial charge >= 0.3 is 6.18 Å². The Hall–Kier alpha value is -1.82. The van der Waals surface area contributed by atoms with Crippen molar-refractivity contribution in [1.82, 2.24) is 4.90 Å². The van der Waals surface area contributed by atoms with Crippen molar-refractivity contribution in [2.24, 2.45) is 0 Å². The highest BCUT2D eigenvalue weighted by atomic mass is 19.4. The maximum atomic E-state index is 13.0. The van der Waals surface area contributed by atoms with Crippen LogP contribution in [0.5, 0.6) is 0 Å². The van der Waals surface area contributed by atoms with E-state index in [4.69, 9.17) is 5.11 Å². The van der Waals surface area contributed by atoms with E-state index in [-0.39, 0.29) is 13.2 Å². The molecule has 1 rings (SSSR count). The summed E-state index contributed by atoms with van der Waals surface area (Å²) in [5.74, 6) is -1.07. The number of nitrogens with zero attached hydrogens (tertiary/aromatic N) is 1. The third-order valence-corrected chi connectivity index (χ3v) is 2.89. The van der Waals surface area contributed by atoms with Crippen molar-refractivity contribution in [3.8, 4) is 0 Å². The van der Waals surface area contributed by atoms with Gasteiger partial charge in [0, 0.05) is 20.2 Å². The Kier molecular flexibility index (Phi) is 6.42. The number of likely N-dealkylation sites (N-methyl/N-ethyl adjacent to an activating group) is 1. The number of alkyl halides is 3. The van der Waals surface area contributed by atoms with E-state index in [2.05, 4.69) is 0 Å². The first-order valence-corrected chi connectivity index (χ1v) is 6.56. The molecule has 0 radical (unpaired) electrons. The molecule has 0 saturated carbocycles. The van der Waals surface area contributed by atoms with Crippen LogP contribution >= 0.6 is 0 Å². The number of hydrogen-bond donors (Lipinski definition) is 1. The van der Waals surface area contributed by atoms with Crippen molar-refractivity contribution < 1.29 is 23.1 Å². The number of benzene rings is 1. The van der Waals surface area contributed by atoms with Crippen molar-refractivity contribution in [2.75, 3.05) is 20.2 Å². The minimum absolute atomic E-state index is 0.0476. The molecule has 1 aromatic rings. The molecule has 0 aliphatic rings. The smallest absolute Gasteiger partial charge is 0.396 e. The Labute approximate surface area is 121 Å². The molecule has 0 unspecified atom stereocenters. The number of halogens is 3. The Morgan fingerprint density at radius 3 is 2.38 bits per heavy atom. The molecule has 3 nitrogen and oxygen atoms in total. The Morgan fingerprint density at radius 1 is 1.24 bits per heavy atom. The first-order chi connectivity index (χ1) is 9.86. The van der Waals surface area contributed by atoms with Crippen molar-refractivity contribution in [2.45, 2.75) is 19.0 Å². The van der Waals surface area contributed by atoms with E-state index < -0.39 is 17.7 Å². The van der Waals surface area contributed by atoms with E-state index in [0.29, 0.717) is 18.4 Å². The molecule has 0 saturated heterocycles. The van der Waals surface area contributed by atoms with Crippen LogP contribution in [0.3, 0.4) is 0 Å². The molecular weight excluding hydrogens is 283 g/mol. The van der Waals surface area contributed by atoms with Crippen LogP contribution in [-0.2, 0) is 4.79 Å². The number of carbonyl (C=O) groups excluding carboxylic acids is 1. The van der Waals surface area contributed by atoms with Gasteiger partial charge in [-0.15, -0.1) is 0 Å². The zero-order valence-electron chi connectivity index (χ0n) is 11.7. The number of unbranched alkanes of at least 4 members (excludes halogenated alkanes) is 1. The highest BCUT2D eigenvalue weighted by Gasteiger charge is 2.39. The molecule has 0 atom stereocenters. The fraction of sp³-hybridized carbons (Fsp3) is 0.400. The first-order valence-electron chi connectivity index (χ1n) is 6.56. The van der Waals surface area contributed by atoms with Gasteiger partial charge in [0.05, 0.1) is 0 Å². The summed E-state index contributed by atoms with van der Waals surface area (Å²) in [6, 6.07) is 7.91. The predicted molar refractivity (Wildman–Crippen MR) is 74.4 cm³/mol. The SMILES string of the molecule is CN(CCCCO)C(=O)C(=Cc1ccccc1)C(F)(F)F. The zero-order chi connectivity index (χ0) is 15.9. The molecule has 0 heterocycles. The van der Waals surface area contributed by atoms with E-state index in [1.807, 2.05) is 0 Å². The summed E-state index contributed by atoms with van der Waals surface area (Å²) in [6.07, 6.45) is -2.96.